The van der Waals surface area contributed by atoms with Crippen LogP contribution in [0.1, 0.15) is 18.4 Å². The fraction of sp³-hybridized carbons (Fsp3) is 0.455. The standard InChI is InChI=1S/C11H17N3O2S/c1-8-4-5-10(16-8)9(2)13-14-11(17)12-6-7-15-3/h4-5H,6-7H2,1-3H3,(H2,12,14,17). The Morgan fingerprint density at radius 2 is 2.29 bits per heavy atom. The van der Waals surface area contributed by atoms with Crippen LogP contribution in [0.3, 0.4) is 0 Å². The van der Waals surface area contributed by atoms with Gasteiger partial charge >= 0.3 is 0 Å². The van der Waals surface area contributed by atoms with Crippen LogP contribution in [0.2, 0.25) is 0 Å². The largest absolute Gasteiger partial charge is 0.460 e. The lowest BCUT2D eigenvalue weighted by atomic mass is 10.3. The van der Waals surface area contributed by atoms with Crippen molar-refractivity contribution in [3.8, 4) is 0 Å². The highest BCUT2D eigenvalue weighted by Gasteiger charge is 2.02. The average Bonchev–Trinajstić information content (AvgIpc) is 2.73. The third-order valence-electron chi connectivity index (χ3n) is 2.01. The fourth-order valence-electron chi connectivity index (χ4n) is 1.12. The summed E-state index contributed by atoms with van der Waals surface area (Å²) in [5.41, 5.74) is 3.49. The average molecular weight is 255 g/mol. The highest BCUT2D eigenvalue weighted by molar-refractivity contribution is 7.80. The van der Waals surface area contributed by atoms with Gasteiger partial charge in [-0.1, -0.05) is 0 Å². The molecule has 0 saturated carbocycles. The molecule has 17 heavy (non-hydrogen) atoms. The van der Waals surface area contributed by atoms with Gasteiger partial charge in [-0.25, -0.2) is 0 Å². The van der Waals surface area contributed by atoms with Gasteiger partial charge in [-0.15, -0.1) is 0 Å². The minimum atomic E-state index is 0.463. The Bertz CT molecular complexity index is 401. The maximum atomic E-state index is 5.42. The molecule has 6 heteroatoms. The highest BCUT2D eigenvalue weighted by atomic mass is 32.1. The number of hydrazone groups is 1. The molecule has 2 N–H and O–H groups in total. The zero-order valence-electron chi connectivity index (χ0n) is 10.2. The first kappa shape index (κ1) is 13.7. The van der Waals surface area contributed by atoms with Crippen molar-refractivity contribution in [2.24, 2.45) is 5.10 Å². The summed E-state index contributed by atoms with van der Waals surface area (Å²) in [7, 11) is 1.64. The third-order valence-corrected chi connectivity index (χ3v) is 2.25. The van der Waals surface area contributed by atoms with Gasteiger partial charge in [0.25, 0.3) is 0 Å². The SMILES string of the molecule is COCCNC(=S)NN=C(C)c1ccc(C)o1. The number of nitrogens with one attached hydrogen (secondary N) is 2. The number of methoxy groups -OCH3 is 1. The van der Waals surface area contributed by atoms with Crippen molar-refractivity contribution >= 4 is 23.0 Å². The van der Waals surface area contributed by atoms with Gasteiger partial charge in [-0.05, 0) is 38.2 Å². The molecule has 0 aliphatic carbocycles. The molecule has 0 spiro atoms. The van der Waals surface area contributed by atoms with E-state index < -0.39 is 0 Å². The molecular formula is C11H17N3O2S. The topological polar surface area (TPSA) is 58.8 Å². The number of thiocarbonyl (C=S) groups is 1. The van der Waals surface area contributed by atoms with Gasteiger partial charge in [0.15, 0.2) is 5.11 Å². The minimum Gasteiger partial charge on any atom is -0.460 e. The van der Waals surface area contributed by atoms with E-state index in [1.165, 1.54) is 0 Å². The molecule has 0 bridgehead atoms. The molecule has 0 atom stereocenters. The zero-order valence-corrected chi connectivity index (χ0v) is 11.1. The summed E-state index contributed by atoms with van der Waals surface area (Å²) in [4.78, 5) is 0. The second-order valence-corrected chi connectivity index (χ2v) is 3.88. The second kappa shape index (κ2) is 7.03. The van der Waals surface area contributed by atoms with Gasteiger partial charge in [-0.3, -0.25) is 5.43 Å². The highest BCUT2D eigenvalue weighted by Crippen LogP contribution is 2.06. The summed E-state index contributed by atoms with van der Waals surface area (Å²) >= 11 is 5.03. The van der Waals surface area contributed by atoms with Crippen molar-refractivity contribution in [1.29, 1.82) is 0 Å². The van der Waals surface area contributed by atoms with Gasteiger partial charge in [0.2, 0.25) is 0 Å². The number of hydrogen-bond acceptors (Lipinski definition) is 4. The predicted molar refractivity (Wildman–Crippen MR) is 71.3 cm³/mol. The quantitative estimate of drug-likeness (QED) is 0.361. The third kappa shape index (κ3) is 4.97. The molecule has 0 aliphatic heterocycles. The lowest BCUT2D eigenvalue weighted by Crippen LogP contribution is -2.34. The number of hydrogen-bond donors (Lipinski definition) is 2. The minimum absolute atomic E-state index is 0.463. The second-order valence-electron chi connectivity index (χ2n) is 3.47. The van der Waals surface area contributed by atoms with Crippen LogP contribution in [0.5, 0.6) is 0 Å². The molecule has 5 nitrogen and oxygen atoms in total. The number of rotatable bonds is 5. The Morgan fingerprint density at radius 3 is 2.88 bits per heavy atom. The molecule has 0 aromatic carbocycles. The molecular weight excluding hydrogens is 238 g/mol. The lowest BCUT2D eigenvalue weighted by molar-refractivity contribution is 0.204. The van der Waals surface area contributed by atoms with Crippen molar-refractivity contribution < 1.29 is 9.15 Å². The summed E-state index contributed by atoms with van der Waals surface area (Å²) in [6, 6.07) is 3.76. The first-order chi connectivity index (χ1) is 8.13. The van der Waals surface area contributed by atoms with Crippen LogP contribution in [-0.2, 0) is 4.74 Å². The first-order valence-corrected chi connectivity index (χ1v) is 5.68. The lowest BCUT2D eigenvalue weighted by Gasteiger charge is -2.06. The maximum absolute atomic E-state index is 5.42. The number of nitrogens with zero attached hydrogens (tertiary/aromatic N) is 1. The summed E-state index contributed by atoms with van der Waals surface area (Å²) in [5.74, 6) is 1.59. The Balaban J connectivity index is 2.40. The molecule has 1 aromatic heterocycles. The molecule has 94 valence electrons. The van der Waals surface area contributed by atoms with Crippen LogP contribution in [-0.4, -0.2) is 31.1 Å². The number of aryl methyl sites for hydroxylation is 1. The predicted octanol–water partition coefficient (Wildman–Crippen LogP) is 1.42. The van der Waals surface area contributed by atoms with E-state index >= 15 is 0 Å². The molecule has 1 heterocycles. The van der Waals surface area contributed by atoms with Gasteiger partial charge in [0.1, 0.15) is 17.2 Å². The first-order valence-electron chi connectivity index (χ1n) is 5.27. The molecule has 0 fully saturated rings. The Hall–Kier alpha value is -1.40. The number of furan rings is 1. The van der Waals surface area contributed by atoms with Crippen LogP contribution < -0.4 is 10.7 Å². The van der Waals surface area contributed by atoms with Crippen LogP contribution in [0.25, 0.3) is 0 Å². The van der Waals surface area contributed by atoms with Gasteiger partial charge < -0.3 is 14.5 Å². The monoisotopic (exact) mass is 255 g/mol. The van der Waals surface area contributed by atoms with Crippen molar-refractivity contribution in [1.82, 2.24) is 10.7 Å². The summed E-state index contributed by atoms with van der Waals surface area (Å²) in [6.45, 7) is 4.99. The van der Waals surface area contributed by atoms with E-state index in [9.17, 15) is 0 Å². The molecule has 0 amide bonds. The smallest absolute Gasteiger partial charge is 0.187 e. The summed E-state index contributed by atoms with van der Waals surface area (Å²) in [5, 5.41) is 7.53. The van der Waals surface area contributed by atoms with Crippen LogP contribution in [0, 0.1) is 6.92 Å². The molecule has 0 unspecified atom stereocenters. The van der Waals surface area contributed by atoms with E-state index in [0.29, 0.717) is 18.3 Å². The van der Waals surface area contributed by atoms with Gasteiger partial charge in [-0.2, -0.15) is 5.10 Å². The van der Waals surface area contributed by atoms with E-state index in [2.05, 4.69) is 15.8 Å². The molecule has 0 radical (unpaired) electrons. The Kier molecular flexibility index (Phi) is 5.65. The Morgan fingerprint density at radius 1 is 1.53 bits per heavy atom. The van der Waals surface area contributed by atoms with Crippen molar-refractivity contribution in [2.45, 2.75) is 13.8 Å². The van der Waals surface area contributed by atoms with E-state index in [1.54, 1.807) is 7.11 Å². The van der Waals surface area contributed by atoms with E-state index in [1.807, 2.05) is 26.0 Å². The van der Waals surface area contributed by atoms with E-state index in [0.717, 1.165) is 17.2 Å². The van der Waals surface area contributed by atoms with Gasteiger partial charge in [0, 0.05) is 13.7 Å². The van der Waals surface area contributed by atoms with Gasteiger partial charge in [0.05, 0.1) is 6.61 Å². The summed E-state index contributed by atoms with van der Waals surface area (Å²) in [6.07, 6.45) is 0. The zero-order chi connectivity index (χ0) is 12.7. The summed E-state index contributed by atoms with van der Waals surface area (Å²) < 4.78 is 10.3. The van der Waals surface area contributed by atoms with Crippen molar-refractivity contribution in [2.75, 3.05) is 20.3 Å². The molecule has 0 aliphatic rings. The maximum Gasteiger partial charge on any atom is 0.187 e. The number of ether oxygens (including phenoxy) is 1. The van der Waals surface area contributed by atoms with E-state index in [-0.39, 0.29) is 0 Å². The van der Waals surface area contributed by atoms with Crippen molar-refractivity contribution in [3.05, 3.63) is 23.7 Å². The Labute approximate surface area is 106 Å². The molecule has 0 saturated heterocycles. The van der Waals surface area contributed by atoms with Crippen molar-refractivity contribution in [3.63, 3.8) is 0 Å². The van der Waals surface area contributed by atoms with E-state index in [4.69, 9.17) is 21.4 Å². The van der Waals surface area contributed by atoms with Crippen LogP contribution in [0.15, 0.2) is 21.7 Å². The molecule has 1 aromatic rings. The molecule has 1 rings (SSSR count). The fourth-order valence-corrected chi connectivity index (χ4v) is 1.27. The van der Waals surface area contributed by atoms with Crippen LogP contribution in [0.4, 0.5) is 0 Å². The normalized spacial score (nSPS) is 11.4. The van der Waals surface area contributed by atoms with Crippen LogP contribution >= 0.6 is 12.2 Å².